The summed E-state index contributed by atoms with van der Waals surface area (Å²) in [5.41, 5.74) is 5.89. The first-order chi connectivity index (χ1) is 16.0. The van der Waals surface area contributed by atoms with Gasteiger partial charge in [-0.2, -0.15) is 5.01 Å². The SMILES string of the molecule is COc1ccc(C(=O)N2NC(=O)/C(=C\c3ccc(N(C)C)cc3)N=C2c2ccccc2)cc1. The van der Waals surface area contributed by atoms with Gasteiger partial charge in [-0.25, -0.2) is 4.99 Å². The molecule has 3 aromatic carbocycles. The van der Waals surface area contributed by atoms with Crippen molar-refractivity contribution in [1.29, 1.82) is 0 Å². The van der Waals surface area contributed by atoms with Gasteiger partial charge in [-0.15, -0.1) is 0 Å². The van der Waals surface area contributed by atoms with Crippen LogP contribution in [-0.4, -0.2) is 43.9 Å². The van der Waals surface area contributed by atoms with Crippen LogP contribution < -0.4 is 15.1 Å². The number of carbonyl (C=O) groups is 2. The minimum absolute atomic E-state index is 0.213. The summed E-state index contributed by atoms with van der Waals surface area (Å²) >= 11 is 0. The Bertz CT molecular complexity index is 1210. The lowest BCUT2D eigenvalue weighted by Gasteiger charge is -2.29. The van der Waals surface area contributed by atoms with E-state index in [2.05, 4.69) is 10.4 Å². The normalized spacial score (nSPS) is 14.5. The minimum Gasteiger partial charge on any atom is -0.497 e. The second-order valence-corrected chi connectivity index (χ2v) is 7.63. The molecule has 0 bridgehead atoms. The molecule has 0 aliphatic carbocycles. The van der Waals surface area contributed by atoms with Crippen LogP contribution in [0.25, 0.3) is 6.08 Å². The molecule has 7 heteroatoms. The van der Waals surface area contributed by atoms with Crippen LogP contribution in [0, 0.1) is 0 Å². The molecule has 0 fully saturated rings. The van der Waals surface area contributed by atoms with Gasteiger partial charge in [-0.1, -0.05) is 42.5 Å². The van der Waals surface area contributed by atoms with Gasteiger partial charge in [0.1, 0.15) is 11.4 Å². The number of ether oxygens (including phenoxy) is 1. The van der Waals surface area contributed by atoms with Crippen molar-refractivity contribution in [3.8, 4) is 5.75 Å². The molecule has 0 aromatic heterocycles. The molecule has 0 saturated carbocycles. The van der Waals surface area contributed by atoms with E-state index in [1.807, 2.05) is 73.6 Å². The van der Waals surface area contributed by atoms with Crippen LogP contribution in [0.3, 0.4) is 0 Å². The van der Waals surface area contributed by atoms with Gasteiger partial charge in [-0.3, -0.25) is 15.0 Å². The van der Waals surface area contributed by atoms with Crippen LogP contribution in [0.1, 0.15) is 21.5 Å². The number of hydrazine groups is 1. The van der Waals surface area contributed by atoms with E-state index in [4.69, 9.17) is 4.74 Å². The summed E-state index contributed by atoms with van der Waals surface area (Å²) in [7, 11) is 5.49. The molecule has 0 spiro atoms. The summed E-state index contributed by atoms with van der Waals surface area (Å²) < 4.78 is 5.16. The highest BCUT2D eigenvalue weighted by molar-refractivity contribution is 6.18. The maximum atomic E-state index is 13.3. The van der Waals surface area contributed by atoms with Crippen molar-refractivity contribution in [2.75, 3.05) is 26.1 Å². The third-order valence-electron chi connectivity index (χ3n) is 5.17. The standard InChI is InChI=1S/C26H24N4O3/c1-29(2)21-13-9-18(10-14-21)17-23-25(31)28-30(24(27-23)19-7-5-4-6-8-19)26(32)20-11-15-22(33-3)16-12-20/h4-17H,1-3H3,(H,28,31)/b23-17+. The van der Waals surface area contributed by atoms with Gasteiger partial charge < -0.3 is 9.64 Å². The molecular weight excluding hydrogens is 416 g/mol. The number of amides is 2. The Morgan fingerprint density at radius 3 is 2.24 bits per heavy atom. The lowest BCUT2D eigenvalue weighted by molar-refractivity contribution is -0.120. The Morgan fingerprint density at radius 2 is 1.64 bits per heavy atom. The molecule has 33 heavy (non-hydrogen) atoms. The molecule has 0 radical (unpaired) electrons. The molecule has 4 rings (SSSR count). The molecule has 1 N–H and O–H groups in total. The summed E-state index contributed by atoms with van der Waals surface area (Å²) in [6.07, 6.45) is 1.70. The second-order valence-electron chi connectivity index (χ2n) is 7.63. The van der Waals surface area contributed by atoms with Gasteiger partial charge in [-0.05, 0) is 48.0 Å². The van der Waals surface area contributed by atoms with Gasteiger partial charge in [0.25, 0.3) is 11.8 Å². The zero-order chi connectivity index (χ0) is 23.4. The second kappa shape index (κ2) is 9.40. The topological polar surface area (TPSA) is 74.2 Å². The summed E-state index contributed by atoms with van der Waals surface area (Å²) in [5.74, 6) is 0.111. The number of rotatable bonds is 5. The quantitative estimate of drug-likeness (QED) is 0.614. The summed E-state index contributed by atoms with van der Waals surface area (Å²) in [6.45, 7) is 0. The van der Waals surface area contributed by atoms with Crippen molar-refractivity contribution in [3.63, 3.8) is 0 Å². The zero-order valence-electron chi connectivity index (χ0n) is 18.6. The largest absolute Gasteiger partial charge is 0.497 e. The number of nitrogens with one attached hydrogen (secondary N) is 1. The number of carbonyl (C=O) groups excluding carboxylic acids is 2. The molecule has 1 aliphatic rings. The predicted molar refractivity (Wildman–Crippen MR) is 129 cm³/mol. The Hall–Kier alpha value is -4.39. The number of hydrogen-bond donors (Lipinski definition) is 1. The van der Waals surface area contributed by atoms with Crippen molar-refractivity contribution in [2.24, 2.45) is 4.99 Å². The fourth-order valence-corrected chi connectivity index (χ4v) is 3.34. The number of amidine groups is 1. The summed E-state index contributed by atoms with van der Waals surface area (Å²) in [5, 5.41) is 1.19. The number of methoxy groups -OCH3 is 1. The molecule has 0 atom stereocenters. The lowest BCUT2D eigenvalue weighted by Crippen LogP contribution is -2.53. The van der Waals surface area contributed by atoms with Crippen LogP contribution in [-0.2, 0) is 4.79 Å². The molecule has 0 saturated heterocycles. The van der Waals surface area contributed by atoms with Gasteiger partial charge in [0.05, 0.1) is 7.11 Å². The summed E-state index contributed by atoms with van der Waals surface area (Å²) in [6, 6.07) is 23.7. The lowest BCUT2D eigenvalue weighted by atomic mass is 10.1. The van der Waals surface area contributed by atoms with Gasteiger partial charge in [0, 0.05) is 30.9 Å². The van der Waals surface area contributed by atoms with E-state index < -0.39 is 11.8 Å². The Morgan fingerprint density at radius 1 is 0.970 bits per heavy atom. The highest BCUT2D eigenvalue weighted by atomic mass is 16.5. The van der Waals surface area contributed by atoms with E-state index in [1.165, 1.54) is 5.01 Å². The Balaban J connectivity index is 1.73. The Labute approximate surface area is 192 Å². The number of benzene rings is 3. The van der Waals surface area contributed by atoms with E-state index in [9.17, 15) is 9.59 Å². The first kappa shape index (κ1) is 21.8. The fraction of sp³-hybridized carbons (Fsp3) is 0.115. The predicted octanol–water partition coefficient (Wildman–Crippen LogP) is 3.74. The van der Waals surface area contributed by atoms with Gasteiger partial charge in [0.15, 0.2) is 5.84 Å². The van der Waals surface area contributed by atoms with Crippen molar-refractivity contribution in [1.82, 2.24) is 10.4 Å². The van der Waals surface area contributed by atoms with Crippen LogP contribution in [0.4, 0.5) is 5.69 Å². The first-order valence-electron chi connectivity index (χ1n) is 10.4. The molecule has 2 amide bonds. The van der Waals surface area contributed by atoms with E-state index in [1.54, 1.807) is 37.5 Å². The van der Waals surface area contributed by atoms with E-state index in [0.717, 1.165) is 11.3 Å². The molecule has 7 nitrogen and oxygen atoms in total. The average Bonchev–Trinajstić information content (AvgIpc) is 2.85. The fourth-order valence-electron chi connectivity index (χ4n) is 3.34. The van der Waals surface area contributed by atoms with Crippen LogP contribution in [0.5, 0.6) is 5.75 Å². The van der Waals surface area contributed by atoms with Crippen LogP contribution >= 0.6 is 0 Å². The average molecular weight is 441 g/mol. The van der Waals surface area contributed by atoms with Crippen molar-refractivity contribution in [2.45, 2.75) is 0 Å². The maximum absolute atomic E-state index is 13.3. The molecular formula is C26H24N4O3. The molecule has 1 heterocycles. The summed E-state index contributed by atoms with van der Waals surface area (Å²) in [4.78, 5) is 32.7. The smallest absolute Gasteiger partial charge is 0.288 e. The highest BCUT2D eigenvalue weighted by Crippen LogP contribution is 2.21. The van der Waals surface area contributed by atoms with Crippen LogP contribution in [0.2, 0.25) is 0 Å². The van der Waals surface area contributed by atoms with E-state index in [0.29, 0.717) is 22.7 Å². The van der Waals surface area contributed by atoms with Gasteiger partial charge >= 0.3 is 0 Å². The molecule has 1 aliphatic heterocycles. The third-order valence-corrected chi connectivity index (χ3v) is 5.17. The minimum atomic E-state index is -0.465. The number of nitrogens with zero attached hydrogens (tertiary/aromatic N) is 3. The van der Waals surface area contributed by atoms with Crippen molar-refractivity contribution < 1.29 is 14.3 Å². The number of anilines is 1. The van der Waals surface area contributed by atoms with Gasteiger partial charge in [0.2, 0.25) is 0 Å². The van der Waals surface area contributed by atoms with E-state index >= 15 is 0 Å². The third kappa shape index (κ3) is 4.77. The Kier molecular flexibility index (Phi) is 6.22. The zero-order valence-corrected chi connectivity index (χ0v) is 18.6. The number of aliphatic imine (C=N–C) groups is 1. The maximum Gasteiger partial charge on any atom is 0.288 e. The van der Waals surface area contributed by atoms with Crippen molar-refractivity contribution in [3.05, 3.63) is 101 Å². The van der Waals surface area contributed by atoms with Crippen LogP contribution in [0.15, 0.2) is 89.6 Å². The number of hydrogen-bond acceptors (Lipinski definition) is 5. The van der Waals surface area contributed by atoms with Crippen molar-refractivity contribution >= 4 is 29.4 Å². The molecule has 0 unspecified atom stereocenters. The van der Waals surface area contributed by atoms with E-state index in [-0.39, 0.29) is 5.70 Å². The molecule has 166 valence electrons. The monoisotopic (exact) mass is 440 g/mol. The first-order valence-corrected chi connectivity index (χ1v) is 10.4. The molecule has 3 aromatic rings. The highest BCUT2D eigenvalue weighted by Gasteiger charge is 2.30.